The van der Waals surface area contributed by atoms with E-state index in [0.29, 0.717) is 11.3 Å². The molecule has 6 heteroatoms. The Labute approximate surface area is 107 Å². The smallest absolute Gasteiger partial charge is 0.168 e. The van der Waals surface area contributed by atoms with Crippen LogP contribution in [0.2, 0.25) is 0 Å². The summed E-state index contributed by atoms with van der Waals surface area (Å²) in [5.41, 5.74) is 0. The third-order valence-electron chi connectivity index (χ3n) is 2.80. The number of nitrogens with one attached hydrogen (secondary N) is 1. The second-order valence-corrected chi connectivity index (χ2v) is 6.49. The number of aromatic nitrogens is 4. The fourth-order valence-electron chi connectivity index (χ4n) is 1.73. The van der Waals surface area contributed by atoms with Crippen molar-refractivity contribution in [3.8, 4) is 0 Å². The van der Waals surface area contributed by atoms with E-state index in [1.165, 1.54) is 12.8 Å². The molecule has 1 aromatic rings. The number of hydrogen-bond donors (Lipinski definition) is 1. The van der Waals surface area contributed by atoms with E-state index in [4.69, 9.17) is 0 Å². The molecule has 1 atom stereocenters. The Hall–Kier alpha value is -0.620. The largest absolute Gasteiger partial charge is 0.307 e. The molecule has 1 aliphatic carbocycles. The van der Waals surface area contributed by atoms with Gasteiger partial charge in [0.1, 0.15) is 0 Å². The first kappa shape index (κ1) is 12.8. The van der Waals surface area contributed by atoms with Crippen LogP contribution in [0.5, 0.6) is 0 Å². The van der Waals surface area contributed by atoms with Gasteiger partial charge >= 0.3 is 0 Å². The van der Waals surface area contributed by atoms with Gasteiger partial charge in [0.05, 0.1) is 12.1 Å². The molecular formula is C11H21N5S. The molecule has 1 N–H and O–H groups in total. The normalized spacial score (nSPS) is 17.6. The Bertz CT molecular complexity index is 347. The summed E-state index contributed by atoms with van der Waals surface area (Å²) in [7, 11) is 0. The summed E-state index contributed by atoms with van der Waals surface area (Å²) in [4.78, 5) is 0. The molecule has 0 aromatic carbocycles. The lowest BCUT2D eigenvalue weighted by Crippen LogP contribution is -2.24. The molecule has 1 aliphatic rings. The van der Waals surface area contributed by atoms with Crippen LogP contribution in [-0.2, 0) is 0 Å². The van der Waals surface area contributed by atoms with Crippen molar-refractivity contribution in [3.05, 3.63) is 5.82 Å². The standard InChI is InChI=1S/C11H21N5S/c1-8(2)17-7-6-12-9(3)11-13-14-15-16(11)10-4-5-10/h8-10,12H,4-7H2,1-3H3/t9-/m0/s1. The lowest BCUT2D eigenvalue weighted by atomic mass is 10.3. The van der Waals surface area contributed by atoms with Crippen molar-refractivity contribution in [2.75, 3.05) is 12.3 Å². The van der Waals surface area contributed by atoms with Crippen molar-refractivity contribution >= 4 is 11.8 Å². The van der Waals surface area contributed by atoms with Crippen molar-refractivity contribution in [1.82, 2.24) is 25.5 Å². The molecule has 0 amide bonds. The van der Waals surface area contributed by atoms with Gasteiger partial charge in [-0.1, -0.05) is 13.8 Å². The molecule has 17 heavy (non-hydrogen) atoms. The fraction of sp³-hybridized carbons (Fsp3) is 0.909. The number of nitrogens with zero attached hydrogens (tertiary/aromatic N) is 4. The summed E-state index contributed by atoms with van der Waals surface area (Å²) >= 11 is 1.97. The van der Waals surface area contributed by atoms with Crippen LogP contribution < -0.4 is 5.32 Å². The molecule has 0 radical (unpaired) electrons. The zero-order valence-electron chi connectivity index (χ0n) is 10.8. The lowest BCUT2D eigenvalue weighted by molar-refractivity contribution is 0.503. The summed E-state index contributed by atoms with van der Waals surface area (Å²) < 4.78 is 1.98. The van der Waals surface area contributed by atoms with Gasteiger partial charge < -0.3 is 5.32 Å². The van der Waals surface area contributed by atoms with Gasteiger partial charge in [-0.3, -0.25) is 0 Å². The van der Waals surface area contributed by atoms with Crippen molar-refractivity contribution < 1.29 is 0 Å². The van der Waals surface area contributed by atoms with E-state index in [-0.39, 0.29) is 6.04 Å². The molecule has 0 aliphatic heterocycles. The summed E-state index contributed by atoms with van der Waals surface area (Å²) in [6.07, 6.45) is 2.43. The third-order valence-corrected chi connectivity index (χ3v) is 3.91. The van der Waals surface area contributed by atoms with Crippen molar-refractivity contribution in [2.24, 2.45) is 0 Å². The number of hydrogen-bond acceptors (Lipinski definition) is 5. The minimum atomic E-state index is 0.235. The highest BCUT2D eigenvalue weighted by atomic mass is 32.2. The Morgan fingerprint density at radius 2 is 2.18 bits per heavy atom. The van der Waals surface area contributed by atoms with Gasteiger partial charge in [-0.2, -0.15) is 11.8 Å². The zero-order valence-corrected chi connectivity index (χ0v) is 11.6. The van der Waals surface area contributed by atoms with Gasteiger partial charge in [-0.05, 0) is 35.4 Å². The first-order valence-electron chi connectivity index (χ1n) is 6.31. The highest BCUT2D eigenvalue weighted by Crippen LogP contribution is 2.35. The predicted octanol–water partition coefficient (Wildman–Crippen LogP) is 1.80. The molecule has 0 saturated heterocycles. The van der Waals surface area contributed by atoms with E-state index in [9.17, 15) is 0 Å². The zero-order chi connectivity index (χ0) is 12.3. The van der Waals surface area contributed by atoms with Crippen LogP contribution >= 0.6 is 11.8 Å². The molecule has 2 rings (SSSR count). The fourth-order valence-corrected chi connectivity index (χ4v) is 2.43. The summed E-state index contributed by atoms with van der Waals surface area (Å²) in [5, 5.41) is 16.1. The average molecular weight is 255 g/mol. The lowest BCUT2D eigenvalue weighted by Gasteiger charge is -2.13. The van der Waals surface area contributed by atoms with Crippen LogP contribution in [0.3, 0.4) is 0 Å². The second kappa shape index (κ2) is 5.82. The maximum atomic E-state index is 4.12. The van der Waals surface area contributed by atoms with Gasteiger partial charge in [0.15, 0.2) is 5.82 Å². The Morgan fingerprint density at radius 1 is 1.41 bits per heavy atom. The first-order valence-corrected chi connectivity index (χ1v) is 7.36. The van der Waals surface area contributed by atoms with Gasteiger partial charge in [-0.15, -0.1) is 5.10 Å². The van der Waals surface area contributed by atoms with Gasteiger partial charge in [0, 0.05) is 12.3 Å². The first-order chi connectivity index (χ1) is 8.18. The second-order valence-electron chi connectivity index (χ2n) is 4.81. The van der Waals surface area contributed by atoms with Crippen LogP contribution in [0.15, 0.2) is 0 Å². The Balaban J connectivity index is 1.78. The highest BCUT2D eigenvalue weighted by Gasteiger charge is 2.29. The van der Waals surface area contributed by atoms with E-state index in [1.54, 1.807) is 0 Å². The number of thioether (sulfide) groups is 1. The minimum Gasteiger partial charge on any atom is -0.307 e. The SMILES string of the molecule is CC(C)SCCN[C@@H](C)c1nnnn1C1CC1. The molecule has 1 fully saturated rings. The van der Waals surface area contributed by atoms with E-state index < -0.39 is 0 Å². The maximum Gasteiger partial charge on any atom is 0.168 e. The van der Waals surface area contributed by atoms with Crippen molar-refractivity contribution in [1.29, 1.82) is 0 Å². The van der Waals surface area contributed by atoms with E-state index in [1.807, 2.05) is 16.4 Å². The van der Waals surface area contributed by atoms with Crippen LogP contribution in [0.1, 0.15) is 51.5 Å². The molecule has 1 aromatic heterocycles. The van der Waals surface area contributed by atoms with E-state index >= 15 is 0 Å². The maximum absolute atomic E-state index is 4.12. The van der Waals surface area contributed by atoms with Crippen LogP contribution in [0.25, 0.3) is 0 Å². The quantitative estimate of drug-likeness (QED) is 0.753. The van der Waals surface area contributed by atoms with Gasteiger partial charge in [0.2, 0.25) is 0 Å². The van der Waals surface area contributed by atoms with Crippen LogP contribution in [-0.4, -0.2) is 37.8 Å². The average Bonchev–Trinajstić information content (AvgIpc) is 3.02. The summed E-state index contributed by atoms with van der Waals surface area (Å²) in [5.74, 6) is 2.11. The predicted molar refractivity (Wildman–Crippen MR) is 70.1 cm³/mol. The molecular weight excluding hydrogens is 234 g/mol. The number of tetrazole rings is 1. The molecule has 0 unspecified atom stereocenters. The summed E-state index contributed by atoms with van der Waals surface area (Å²) in [6.45, 7) is 7.58. The Kier molecular flexibility index (Phi) is 4.39. The molecule has 1 heterocycles. The topological polar surface area (TPSA) is 55.6 Å². The number of rotatable bonds is 7. The third kappa shape index (κ3) is 3.67. The van der Waals surface area contributed by atoms with Crippen molar-refractivity contribution in [2.45, 2.75) is 50.9 Å². The Morgan fingerprint density at radius 3 is 2.82 bits per heavy atom. The molecule has 5 nitrogen and oxygen atoms in total. The van der Waals surface area contributed by atoms with Gasteiger partial charge in [0.25, 0.3) is 0 Å². The highest BCUT2D eigenvalue weighted by molar-refractivity contribution is 7.99. The van der Waals surface area contributed by atoms with Crippen LogP contribution in [0, 0.1) is 0 Å². The molecule has 96 valence electrons. The minimum absolute atomic E-state index is 0.235. The molecule has 1 saturated carbocycles. The monoisotopic (exact) mass is 255 g/mol. The summed E-state index contributed by atoms with van der Waals surface area (Å²) in [6, 6.07) is 0.785. The van der Waals surface area contributed by atoms with E-state index in [2.05, 4.69) is 41.6 Å². The van der Waals surface area contributed by atoms with Crippen molar-refractivity contribution in [3.63, 3.8) is 0 Å². The molecule has 0 spiro atoms. The van der Waals surface area contributed by atoms with E-state index in [0.717, 1.165) is 18.1 Å². The van der Waals surface area contributed by atoms with Gasteiger partial charge in [-0.25, -0.2) is 4.68 Å². The molecule has 0 bridgehead atoms. The van der Waals surface area contributed by atoms with Crippen LogP contribution in [0.4, 0.5) is 0 Å².